The van der Waals surface area contributed by atoms with E-state index in [0.29, 0.717) is 24.6 Å². The first-order valence-corrected chi connectivity index (χ1v) is 7.86. The zero-order valence-corrected chi connectivity index (χ0v) is 13.2. The number of hydrogen-bond donors (Lipinski definition) is 2. The summed E-state index contributed by atoms with van der Waals surface area (Å²) in [4.78, 5) is 23.7. The Morgan fingerprint density at radius 2 is 2.23 bits per heavy atom. The molecule has 0 unspecified atom stereocenters. The standard InChI is InChI=1S/C17H24N2O3/c1-12(2)13-6-5-7-14(10-13)22-11-16(20)19-15-8-3-4-9-18-17(15)21/h5-7,10,12,15H,3-4,8-9,11H2,1-2H3,(H,18,21)(H,19,20)/t15-/m0/s1. The van der Waals surface area contributed by atoms with Gasteiger partial charge in [-0.25, -0.2) is 0 Å². The number of carbonyl (C=O) groups is 2. The highest BCUT2D eigenvalue weighted by Crippen LogP contribution is 2.20. The summed E-state index contributed by atoms with van der Waals surface area (Å²) in [6.45, 7) is 4.82. The van der Waals surface area contributed by atoms with E-state index >= 15 is 0 Å². The smallest absolute Gasteiger partial charge is 0.258 e. The summed E-state index contributed by atoms with van der Waals surface area (Å²) < 4.78 is 5.52. The van der Waals surface area contributed by atoms with Gasteiger partial charge in [-0.1, -0.05) is 26.0 Å². The molecule has 1 aliphatic rings. The molecule has 120 valence electrons. The largest absolute Gasteiger partial charge is 0.484 e. The lowest BCUT2D eigenvalue weighted by atomic mass is 10.0. The Bertz CT molecular complexity index is 528. The van der Waals surface area contributed by atoms with Crippen LogP contribution in [0.4, 0.5) is 0 Å². The number of nitrogens with one attached hydrogen (secondary N) is 2. The van der Waals surface area contributed by atoms with Gasteiger partial charge in [-0.15, -0.1) is 0 Å². The SMILES string of the molecule is CC(C)c1cccc(OCC(=O)N[C@H]2CCCCNC2=O)c1. The quantitative estimate of drug-likeness (QED) is 0.874. The minimum atomic E-state index is -0.444. The molecule has 2 N–H and O–H groups in total. The summed E-state index contributed by atoms with van der Waals surface area (Å²) in [5, 5.41) is 5.54. The first-order chi connectivity index (χ1) is 10.6. The summed E-state index contributed by atoms with van der Waals surface area (Å²) in [6, 6.07) is 7.28. The normalized spacial score (nSPS) is 18.5. The number of carbonyl (C=O) groups excluding carboxylic acids is 2. The molecule has 0 bridgehead atoms. The molecule has 22 heavy (non-hydrogen) atoms. The highest BCUT2D eigenvalue weighted by molar-refractivity contribution is 5.88. The molecule has 1 atom stereocenters. The van der Waals surface area contributed by atoms with Crippen LogP contribution in [0.1, 0.15) is 44.6 Å². The second kappa shape index (κ2) is 7.82. The molecule has 1 aromatic rings. The highest BCUT2D eigenvalue weighted by Gasteiger charge is 2.22. The van der Waals surface area contributed by atoms with Gasteiger partial charge in [0.05, 0.1) is 0 Å². The van der Waals surface area contributed by atoms with E-state index in [4.69, 9.17) is 4.74 Å². The van der Waals surface area contributed by atoms with E-state index in [9.17, 15) is 9.59 Å². The van der Waals surface area contributed by atoms with Gasteiger partial charge in [0.15, 0.2) is 6.61 Å². The molecule has 2 amide bonds. The Morgan fingerprint density at radius 1 is 1.41 bits per heavy atom. The minimum Gasteiger partial charge on any atom is -0.484 e. The zero-order valence-electron chi connectivity index (χ0n) is 13.2. The number of amides is 2. The Kier molecular flexibility index (Phi) is 5.81. The second-order valence-corrected chi connectivity index (χ2v) is 5.92. The summed E-state index contributed by atoms with van der Waals surface area (Å²) in [6.07, 6.45) is 2.57. The lowest BCUT2D eigenvalue weighted by Gasteiger charge is -2.15. The Morgan fingerprint density at radius 3 is 3.00 bits per heavy atom. The van der Waals surface area contributed by atoms with E-state index < -0.39 is 6.04 Å². The van der Waals surface area contributed by atoms with Crippen molar-refractivity contribution >= 4 is 11.8 Å². The van der Waals surface area contributed by atoms with Crippen LogP contribution < -0.4 is 15.4 Å². The van der Waals surface area contributed by atoms with Gasteiger partial charge >= 0.3 is 0 Å². The second-order valence-electron chi connectivity index (χ2n) is 5.92. The summed E-state index contributed by atoms with van der Waals surface area (Å²) in [7, 11) is 0. The average Bonchev–Trinajstić information content (AvgIpc) is 2.70. The fourth-order valence-corrected chi connectivity index (χ4v) is 2.43. The van der Waals surface area contributed by atoms with Crippen LogP contribution in [0.5, 0.6) is 5.75 Å². The predicted octanol–water partition coefficient (Wildman–Crippen LogP) is 1.97. The van der Waals surface area contributed by atoms with Crippen molar-refractivity contribution in [3.63, 3.8) is 0 Å². The molecule has 1 fully saturated rings. The van der Waals surface area contributed by atoms with E-state index in [2.05, 4.69) is 24.5 Å². The third kappa shape index (κ3) is 4.76. The summed E-state index contributed by atoms with van der Waals surface area (Å²) >= 11 is 0. The van der Waals surface area contributed by atoms with Crippen molar-refractivity contribution in [2.45, 2.75) is 45.1 Å². The number of benzene rings is 1. The van der Waals surface area contributed by atoms with Crippen LogP contribution in [0, 0.1) is 0 Å². The molecule has 1 aliphatic heterocycles. The van der Waals surface area contributed by atoms with Gasteiger partial charge in [0.2, 0.25) is 5.91 Å². The molecule has 0 aromatic heterocycles. The first kappa shape index (κ1) is 16.3. The van der Waals surface area contributed by atoms with Crippen LogP contribution in [-0.4, -0.2) is 31.0 Å². The molecule has 1 saturated heterocycles. The maximum atomic E-state index is 11.9. The van der Waals surface area contributed by atoms with Gasteiger partial charge in [0.25, 0.3) is 5.91 Å². The van der Waals surface area contributed by atoms with Crippen molar-refractivity contribution < 1.29 is 14.3 Å². The van der Waals surface area contributed by atoms with E-state index in [1.54, 1.807) is 0 Å². The molecule has 0 saturated carbocycles. The topological polar surface area (TPSA) is 67.4 Å². The van der Waals surface area contributed by atoms with Crippen LogP contribution >= 0.6 is 0 Å². The molecular formula is C17H24N2O3. The molecule has 0 radical (unpaired) electrons. The van der Waals surface area contributed by atoms with E-state index in [1.165, 1.54) is 5.56 Å². The molecule has 1 aromatic carbocycles. The van der Waals surface area contributed by atoms with Crippen molar-refractivity contribution in [3.8, 4) is 5.75 Å². The van der Waals surface area contributed by atoms with Crippen LogP contribution in [0.15, 0.2) is 24.3 Å². The fraction of sp³-hybridized carbons (Fsp3) is 0.529. The van der Waals surface area contributed by atoms with Gasteiger partial charge in [-0.05, 0) is 42.9 Å². The molecule has 0 aliphatic carbocycles. The van der Waals surface area contributed by atoms with Crippen molar-refractivity contribution in [1.82, 2.24) is 10.6 Å². The molecule has 2 rings (SSSR count). The van der Waals surface area contributed by atoms with Gasteiger partial charge in [-0.3, -0.25) is 9.59 Å². The molecule has 5 nitrogen and oxygen atoms in total. The maximum Gasteiger partial charge on any atom is 0.258 e. The lowest BCUT2D eigenvalue weighted by molar-refractivity contribution is -0.129. The van der Waals surface area contributed by atoms with E-state index in [1.807, 2.05) is 24.3 Å². The average molecular weight is 304 g/mol. The lowest BCUT2D eigenvalue weighted by Crippen LogP contribution is -2.46. The van der Waals surface area contributed by atoms with Gasteiger partial charge in [0, 0.05) is 6.54 Å². The van der Waals surface area contributed by atoms with E-state index in [0.717, 1.165) is 12.8 Å². The van der Waals surface area contributed by atoms with Gasteiger partial charge < -0.3 is 15.4 Å². The first-order valence-electron chi connectivity index (χ1n) is 7.86. The van der Waals surface area contributed by atoms with Crippen LogP contribution in [0.2, 0.25) is 0 Å². The highest BCUT2D eigenvalue weighted by atomic mass is 16.5. The maximum absolute atomic E-state index is 11.9. The minimum absolute atomic E-state index is 0.0780. The number of hydrogen-bond acceptors (Lipinski definition) is 3. The molecule has 1 heterocycles. The third-order valence-corrected chi connectivity index (χ3v) is 3.77. The Balaban J connectivity index is 1.84. The zero-order chi connectivity index (χ0) is 15.9. The van der Waals surface area contributed by atoms with Crippen molar-refractivity contribution in [3.05, 3.63) is 29.8 Å². The van der Waals surface area contributed by atoms with Crippen LogP contribution in [0.3, 0.4) is 0 Å². The molecule has 5 heteroatoms. The Hall–Kier alpha value is -2.04. The van der Waals surface area contributed by atoms with Crippen LogP contribution in [-0.2, 0) is 9.59 Å². The summed E-state index contributed by atoms with van der Waals surface area (Å²) in [5.41, 5.74) is 1.17. The Labute approximate surface area is 131 Å². The number of ether oxygens (including phenoxy) is 1. The van der Waals surface area contributed by atoms with Crippen LogP contribution in [0.25, 0.3) is 0 Å². The van der Waals surface area contributed by atoms with Crippen molar-refractivity contribution in [1.29, 1.82) is 0 Å². The predicted molar refractivity (Wildman–Crippen MR) is 84.8 cm³/mol. The summed E-state index contributed by atoms with van der Waals surface area (Å²) in [5.74, 6) is 0.711. The van der Waals surface area contributed by atoms with Gasteiger partial charge in [-0.2, -0.15) is 0 Å². The molecular weight excluding hydrogens is 280 g/mol. The number of rotatable bonds is 5. The van der Waals surface area contributed by atoms with Gasteiger partial charge in [0.1, 0.15) is 11.8 Å². The molecule has 0 spiro atoms. The van der Waals surface area contributed by atoms with Crippen molar-refractivity contribution in [2.75, 3.05) is 13.2 Å². The van der Waals surface area contributed by atoms with E-state index in [-0.39, 0.29) is 18.4 Å². The fourth-order valence-electron chi connectivity index (χ4n) is 2.43. The van der Waals surface area contributed by atoms with Crippen molar-refractivity contribution in [2.24, 2.45) is 0 Å². The third-order valence-electron chi connectivity index (χ3n) is 3.77. The monoisotopic (exact) mass is 304 g/mol.